The van der Waals surface area contributed by atoms with Crippen molar-refractivity contribution in [2.45, 2.75) is 107 Å². The van der Waals surface area contributed by atoms with Crippen molar-refractivity contribution in [3.8, 4) is 0 Å². The topological polar surface area (TPSA) is 55.4 Å². The summed E-state index contributed by atoms with van der Waals surface area (Å²) in [7, 11) is 15.8. The number of carbonyl (C=O) groups excluding carboxylic acids is 2. The lowest BCUT2D eigenvalue weighted by atomic mass is 9.84. The van der Waals surface area contributed by atoms with Gasteiger partial charge in [-0.15, -0.1) is 0 Å². The first-order valence-corrected chi connectivity index (χ1v) is 19.1. The van der Waals surface area contributed by atoms with E-state index >= 15 is 0 Å². The number of ether oxygens (including phenoxy) is 1. The van der Waals surface area contributed by atoms with Gasteiger partial charge < -0.3 is 10.1 Å². The van der Waals surface area contributed by atoms with Crippen LogP contribution in [-0.2, 0) is 14.3 Å². The van der Waals surface area contributed by atoms with E-state index in [4.69, 9.17) is 0 Å². The Kier molecular flexibility index (Phi) is 19.1. The van der Waals surface area contributed by atoms with Gasteiger partial charge in [0.2, 0.25) is 0 Å². The first-order chi connectivity index (χ1) is 16.0. The molecule has 202 valence electrons. The lowest BCUT2D eigenvalue weighted by molar-refractivity contribution is -0.140. The summed E-state index contributed by atoms with van der Waals surface area (Å²) in [4.78, 5) is 21.6. The molecule has 4 atom stereocenters. The third-order valence-corrected chi connectivity index (χ3v) is 17.4. The van der Waals surface area contributed by atoms with E-state index in [0.29, 0.717) is 20.7 Å². The fraction of sp³-hybridized carbons (Fsp3) is 0.917. The lowest BCUT2D eigenvalue weighted by Crippen LogP contribution is -2.47. The van der Waals surface area contributed by atoms with Crippen LogP contribution in [0.2, 0.25) is 0 Å². The Morgan fingerprint density at radius 3 is 2.12 bits per heavy atom. The molecule has 0 spiro atoms. The van der Waals surface area contributed by atoms with Gasteiger partial charge in [-0.2, -0.15) is 0 Å². The number of carbonyl (C=O) groups is 2. The minimum atomic E-state index is -0.281. The predicted octanol–water partition coefficient (Wildman–Crippen LogP) is 8.16. The summed E-state index contributed by atoms with van der Waals surface area (Å²) in [6, 6.07) is -0.232. The van der Waals surface area contributed by atoms with Gasteiger partial charge in [0.1, 0.15) is 5.78 Å². The van der Waals surface area contributed by atoms with E-state index in [9.17, 15) is 9.59 Å². The molecule has 1 saturated heterocycles. The lowest BCUT2D eigenvalue weighted by Gasteiger charge is -2.45. The summed E-state index contributed by atoms with van der Waals surface area (Å²) in [6.07, 6.45) is 6.03. The van der Waals surface area contributed by atoms with E-state index in [0.717, 1.165) is 0 Å². The first-order valence-electron chi connectivity index (χ1n) is 12.2. The summed E-state index contributed by atoms with van der Waals surface area (Å²) in [5, 5.41) is 2.82. The van der Waals surface area contributed by atoms with Gasteiger partial charge in [0.15, 0.2) is 0 Å². The highest BCUT2D eigenvalue weighted by molar-refractivity contribution is 8.80. The number of nitrogens with one attached hydrogen (secondary N) is 1. The molecule has 34 heavy (non-hydrogen) atoms. The zero-order chi connectivity index (χ0) is 26.3. The first kappa shape index (κ1) is 35.2. The quantitative estimate of drug-likeness (QED) is 0.122. The van der Waals surface area contributed by atoms with Crippen LogP contribution in [0.5, 0.6) is 0 Å². The summed E-state index contributed by atoms with van der Waals surface area (Å²) in [6.45, 7) is 15.8. The van der Waals surface area contributed by atoms with Crippen molar-refractivity contribution in [3.63, 3.8) is 0 Å². The molecule has 1 heterocycles. The van der Waals surface area contributed by atoms with Crippen LogP contribution < -0.4 is 5.32 Å². The summed E-state index contributed by atoms with van der Waals surface area (Å²) >= 11 is 0. The van der Waals surface area contributed by atoms with Gasteiger partial charge in [-0.25, -0.2) is 0 Å². The van der Waals surface area contributed by atoms with Crippen molar-refractivity contribution >= 4 is 76.5 Å². The van der Waals surface area contributed by atoms with Crippen LogP contribution >= 0.6 is 64.8 Å². The minimum absolute atomic E-state index is 0.0430. The largest absolute Gasteiger partial charge is 0.469 e. The fourth-order valence-corrected chi connectivity index (χ4v) is 13.7. The van der Waals surface area contributed by atoms with Crippen LogP contribution in [-0.4, -0.2) is 63.5 Å². The number of hydrogen-bond donors (Lipinski definition) is 1. The molecular weight excluding hydrogens is 543 g/mol. The molecule has 10 heteroatoms. The van der Waals surface area contributed by atoms with Gasteiger partial charge in [0.05, 0.1) is 17.9 Å². The summed E-state index contributed by atoms with van der Waals surface area (Å²) in [5.74, 6) is 3.46. The van der Waals surface area contributed by atoms with Gasteiger partial charge >= 0.3 is 5.97 Å². The molecular formula is C24H47NO3S6. The second kappa shape index (κ2) is 18.5. The van der Waals surface area contributed by atoms with Gasteiger partial charge in [0.25, 0.3) is 0 Å². The van der Waals surface area contributed by atoms with Crippen molar-refractivity contribution in [3.05, 3.63) is 0 Å². The highest BCUT2D eigenvalue weighted by Crippen LogP contribution is 2.63. The average molecular weight is 590 g/mol. The van der Waals surface area contributed by atoms with Crippen molar-refractivity contribution in [2.75, 3.05) is 31.4 Å². The third-order valence-electron chi connectivity index (χ3n) is 6.40. The smallest absolute Gasteiger partial charge is 0.305 e. The third kappa shape index (κ3) is 11.7. The van der Waals surface area contributed by atoms with Crippen molar-refractivity contribution in [2.24, 2.45) is 0 Å². The van der Waals surface area contributed by atoms with E-state index in [2.05, 4.69) is 106 Å². The zero-order valence-corrected chi connectivity index (χ0v) is 27.5. The maximum Gasteiger partial charge on any atom is 0.305 e. The molecule has 1 N–H and O–H groups in total. The van der Waals surface area contributed by atoms with Gasteiger partial charge in [-0.1, -0.05) is 92.5 Å². The summed E-state index contributed by atoms with van der Waals surface area (Å²) < 4.78 is 5.64. The molecule has 0 radical (unpaired) electrons. The Bertz CT molecular complexity index is 599. The van der Waals surface area contributed by atoms with Crippen molar-refractivity contribution < 1.29 is 14.3 Å². The number of likely N-dealkylation sites (N-methyl/N-ethyl adjacent to an activating group) is 1. The average Bonchev–Trinajstić information content (AvgIpc) is 2.94. The normalized spacial score (nSPS) is 27.8. The summed E-state index contributed by atoms with van der Waals surface area (Å²) in [5.41, 5.74) is 0. The molecule has 4 unspecified atom stereocenters. The van der Waals surface area contributed by atoms with E-state index < -0.39 is 0 Å². The molecule has 4 nitrogen and oxygen atoms in total. The molecule has 0 aliphatic carbocycles. The molecule has 0 amide bonds. The molecule has 0 bridgehead atoms. The molecule has 0 aromatic carbocycles. The molecule has 1 aliphatic rings. The molecule has 0 aromatic rings. The van der Waals surface area contributed by atoms with Gasteiger partial charge in [-0.05, 0) is 59.9 Å². The maximum absolute atomic E-state index is 10.9. The Hall–Kier alpha value is 1.20. The highest BCUT2D eigenvalue weighted by Gasteiger charge is 2.52. The Labute approximate surface area is 233 Å². The molecule has 0 aromatic heterocycles. The monoisotopic (exact) mass is 589 g/mol. The van der Waals surface area contributed by atoms with Crippen LogP contribution in [0.15, 0.2) is 0 Å². The minimum Gasteiger partial charge on any atom is -0.469 e. The number of ketones is 1. The van der Waals surface area contributed by atoms with Gasteiger partial charge in [0, 0.05) is 33.2 Å². The van der Waals surface area contributed by atoms with E-state index in [1.165, 1.54) is 57.0 Å². The second-order valence-electron chi connectivity index (χ2n) is 8.77. The van der Waals surface area contributed by atoms with Crippen molar-refractivity contribution in [1.82, 2.24) is 5.32 Å². The van der Waals surface area contributed by atoms with E-state index in [1.807, 2.05) is 10.8 Å². The number of methoxy groups -OCH3 is 1. The Morgan fingerprint density at radius 1 is 1.00 bits per heavy atom. The van der Waals surface area contributed by atoms with Crippen molar-refractivity contribution in [1.29, 1.82) is 0 Å². The molecule has 1 rings (SSSR count). The Balaban J connectivity index is 0.000000770. The zero-order valence-electron chi connectivity index (χ0n) is 22.6. The van der Waals surface area contributed by atoms with E-state index in [1.54, 1.807) is 7.05 Å². The van der Waals surface area contributed by atoms with Crippen LogP contribution in [0.1, 0.15) is 87.0 Å². The SMILES string of the molecule is CCSSCC1(SSCC)CCC(C)(CC)SSC1(C)CC.CNC(CCC(=O)OC)C(C)=O. The van der Waals surface area contributed by atoms with Crippen LogP contribution in [0, 0.1) is 0 Å². The molecule has 1 fully saturated rings. The van der Waals surface area contributed by atoms with E-state index in [-0.39, 0.29) is 24.2 Å². The second-order valence-corrected chi connectivity index (χ2v) is 17.7. The number of rotatable bonds is 14. The van der Waals surface area contributed by atoms with Crippen LogP contribution in [0.3, 0.4) is 0 Å². The fourth-order valence-electron chi connectivity index (χ4n) is 3.34. The molecule has 1 aliphatic heterocycles. The number of Topliss-reactive ketones (excluding diaryl/α,β-unsaturated/α-hetero) is 1. The highest BCUT2D eigenvalue weighted by atomic mass is 33.1. The van der Waals surface area contributed by atoms with Gasteiger partial charge in [-0.3, -0.25) is 9.59 Å². The maximum atomic E-state index is 10.9. The standard InChI is InChI=1S/C16H32S6.C8H15NO3/c1-7-14(5)11-12-16(22-18-10-4,13-19-17-9-3)15(6,8-2)21-20-14;1-6(10)7(9-2)4-5-8(11)12-3/h7-13H2,1-6H3;7,9H,4-5H2,1-3H3. The predicted molar refractivity (Wildman–Crippen MR) is 166 cm³/mol. The Morgan fingerprint density at radius 2 is 1.65 bits per heavy atom. The number of hydrogen-bond acceptors (Lipinski definition) is 10. The molecule has 0 saturated carbocycles. The van der Waals surface area contributed by atoms with Crippen LogP contribution in [0.25, 0.3) is 0 Å². The number of esters is 1. The van der Waals surface area contributed by atoms with Crippen LogP contribution in [0.4, 0.5) is 0 Å².